The molecule has 4 nitrogen and oxygen atoms in total. The molecule has 100 valence electrons. The van der Waals surface area contributed by atoms with E-state index in [1.165, 1.54) is 19.3 Å². The molecule has 0 spiro atoms. The van der Waals surface area contributed by atoms with Gasteiger partial charge < -0.3 is 16.2 Å². The van der Waals surface area contributed by atoms with E-state index in [4.69, 9.17) is 10.8 Å². The molecule has 0 radical (unpaired) electrons. The van der Waals surface area contributed by atoms with Gasteiger partial charge in [0.25, 0.3) is 0 Å². The van der Waals surface area contributed by atoms with Crippen molar-refractivity contribution in [3.05, 3.63) is 0 Å². The van der Waals surface area contributed by atoms with Gasteiger partial charge in [0.2, 0.25) is 0 Å². The van der Waals surface area contributed by atoms with E-state index in [1.54, 1.807) is 0 Å². The number of hydrogen-bond acceptors (Lipinski definition) is 4. The van der Waals surface area contributed by atoms with Crippen molar-refractivity contribution in [1.29, 1.82) is 0 Å². The van der Waals surface area contributed by atoms with Crippen molar-refractivity contribution in [1.82, 2.24) is 10.2 Å². The highest BCUT2D eigenvalue weighted by atomic mass is 16.2. The fourth-order valence-electron chi connectivity index (χ4n) is 3.09. The quantitative estimate of drug-likeness (QED) is 0.561. The third-order valence-corrected chi connectivity index (χ3v) is 4.23. The number of likely N-dealkylation sites (tertiary alicyclic amines) is 1. The van der Waals surface area contributed by atoms with Crippen molar-refractivity contribution in [3.8, 4) is 0 Å². The Morgan fingerprint density at radius 2 is 2.18 bits per heavy atom. The van der Waals surface area contributed by atoms with Crippen LogP contribution in [0.5, 0.6) is 0 Å². The molecule has 1 saturated carbocycles. The number of hydrogen-bond donors (Lipinski definition) is 3. The van der Waals surface area contributed by atoms with Crippen molar-refractivity contribution in [2.24, 2.45) is 5.73 Å². The molecule has 0 aromatic heterocycles. The van der Waals surface area contributed by atoms with Gasteiger partial charge in [0.15, 0.2) is 0 Å². The fourth-order valence-corrected chi connectivity index (χ4v) is 3.09. The number of aliphatic hydroxyl groups is 1. The van der Waals surface area contributed by atoms with Gasteiger partial charge in [0.05, 0.1) is 0 Å². The van der Waals surface area contributed by atoms with Gasteiger partial charge in [-0.2, -0.15) is 0 Å². The lowest BCUT2D eigenvalue weighted by atomic mass is 9.96. The largest absolute Gasteiger partial charge is 0.396 e. The van der Waals surface area contributed by atoms with E-state index in [-0.39, 0.29) is 5.54 Å². The molecular formula is C13H27N3O. The Hall–Kier alpha value is -0.160. The topological polar surface area (TPSA) is 61.5 Å². The molecule has 1 saturated heterocycles. The molecule has 0 aromatic rings. The summed E-state index contributed by atoms with van der Waals surface area (Å²) >= 11 is 0. The minimum Gasteiger partial charge on any atom is -0.396 e. The highest BCUT2D eigenvalue weighted by Crippen LogP contribution is 2.36. The first-order valence-electron chi connectivity index (χ1n) is 7.02. The molecule has 0 aromatic carbocycles. The number of nitrogens with two attached hydrogens (primary N) is 1. The van der Waals surface area contributed by atoms with E-state index in [0.717, 1.165) is 38.5 Å². The van der Waals surface area contributed by atoms with E-state index >= 15 is 0 Å². The standard InChI is InChI=1S/C13H27N3O/c1-11-8-13(9-14,15-6-2-3-7-17)10-16(11)12-4-5-12/h11-12,15,17H,2-10,14H2,1H3. The summed E-state index contributed by atoms with van der Waals surface area (Å²) in [6.45, 7) is 5.42. The molecule has 2 atom stereocenters. The van der Waals surface area contributed by atoms with Gasteiger partial charge in [-0.1, -0.05) is 0 Å². The maximum absolute atomic E-state index is 8.78. The lowest BCUT2D eigenvalue weighted by Crippen LogP contribution is -2.53. The van der Waals surface area contributed by atoms with Gasteiger partial charge in [0, 0.05) is 37.3 Å². The van der Waals surface area contributed by atoms with Gasteiger partial charge >= 0.3 is 0 Å². The molecule has 4 N–H and O–H groups in total. The van der Waals surface area contributed by atoms with Crippen LogP contribution < -0.4 is 11.1 Å². The summed E-state index contributed by atoms with van der Waals surface area (Å²) in [5, 5.41) is 12.4. The van der Waals surface area contributed by atoms with Gasteiger partial charge in [0.1, 0.15) is 0 Å². The molecule has 2 rings (SSSR count). The smallest absolute Gasteiger partial charge is 0.0447 e. The zero-order valence-electron chi connectivity index (χ0n) is 11.0. The van der Waals surface area contributed by atoms with E-state index in [0.29, 0.717) is 12.6 Å². The van der Waals surface area contributed by atoms with E-state index in [1.807, 2.05) is 0 Å². The molecule has 2 aliphatic rings. The van der Waals surface area contributed by atoms with Crippen LogP contribution in [0.2, 0.25) is 0 Å². The predicted octanol–water partition coefficient (Wildman–Crippen LogP) is 0.303. The van der Waals surface area contributed by atoms with Crippen LogP contribution in [0.4, 0.5) is 0 Å². The molecule has 17 heavy (non-hydrogen) atoms. The molecule has 1 aliphatic carbocycles. The van der Waals surface area contributed by atoms with Gasteiger partial charge in [-0.25, -0.2) is 0 Å². The van der Waals surface area contributed by atoms with E-state index in [9.17, 15) is 0 Å². The van der Waals surface area contributed by atoms with Crippen molar-refractivity contribution in [2.75, 3.05) is 26.2 Å². The third kappa shape index (κ3) is 3.19. The molecule has 2 unspecified atom stereocenters. The van der Waals surface area contributed by atoms with Crippen LogP contribution in [-0.4, -0.2) is 53.9 Å². The highest BCUT2D eigenvalue weighted by molar-refractivity contribution is 5.05. The zero-order valence-corrected chi connectivity index (χ0v) is 11.0. The number of nitrogens with one attached hydrogen (secondary N) is 1. The van der Waals surface area contributed by atoms with E-state index in [2.05, 4.69) is 17.1 Å². The molecule has 0 bridgehead atoms. The summed E-state index contributed by atoms with van der Waals surface area (Å²) in [7, 11) is 0. The Bertz CT molecular complexity index is 245. The van der Waals surface area contributed by atoms with Crippen LogP contribution in [0.25, 0.3) is 0 Å². The Morgan fingerprint density at radius 3 is 2.76 bits per heavy atom. The summed E-state index contributed by atoms with van der Waals surface area (Å²) in [4.78, 5) is 2.63. The van der Waals surface area contributed by atoms with Crippen molar-refractivity contribution in [3.63, 3.8) is 0 Å². The minimum atomic E-state index is 0.122. The number of unbranched alkanes of at least 4 members (excludes halogenated alkanes) is 1. The summed E-state index contributed by atoms with van der Waals surface area (Å²) in [5.41, 5.74) is 6.11. The van der Waals surface area contributed by atoms with Crippen molar-refractivity contribution >= 4 is 0 Å². The van der Waals surface area contributed by atoms with Crippen LogP contribution >= 0.6 is 0 Å². The van der Waals surface area contributed by atoms with Crippen LogP contribution in [0, 0.1) is 0 Å². The van der Waals surface area contributed by atoms with Crippen LogP contribution in [-0.2, 0) is 0 Å². The molecular weight excluding hydrogens is 214 g/mol. The van der Waals surface area contributed by atoms with Gasteiger partial charge in [-0.05, 0) is 45.6 Å². The fraction of sp³-hybridized carbons (Fsp3) is 1.00. The summed E-state index contributed by atoms with van der Waals surface area (Å²) < 4.78 is 0. The SMILES string of the molecule is CC1CC(CN)(NCCCCO)CN1C1CC1. The monoisotopic (exact) mass is 241 g/mol. The molecule has 0 amide bonds. The minimum absolute atomic E-state index is 0.122. The second-order valence-corrected chi connectivity index (χ2v) is 5.80. The van der Waals surface area contributed by atoms with Gasteiger partial charge in [-0.3, -0.25) is 4.90 Å². The number of rotatable bonds is 7. The molecule has 1 heterocycles. The summed E-state index contributed by atoms with van der Waals surface area (Å²) in [6.07, 6.45) is 5.83. The first kappa shape index (κ1) is 13.3. The van der Waals surface area contributed by atoms with Crippen LogP contribution in [0.15, 0.2) is 0 Å². The first-order chi connectivity index (χ1) is 8.21. The number of aliphatic hydroxyl groups excluding tert-OH is 1. The molecule has 1 aliphatic heterocycles. The van der Waals surface area contributed by atoms with Crippen LogP contribution in [0.1, 0.15) is 39.0 Å². The maximum Gasteiger partial charge on any atom is 0.0447 e. The second-order valence-electron chi connectivity index (χ2n) is 5.80. The zero-order chi connectivity index (χ0) is 12.3. The number of nitrogens with zero attached hydrogens (tertiary/aromatic N) is 1. The molecule has 4 heteroatoms. The summed E-state index contributed by atoms with van der Waals surface area (Å²) in [5.74, 6) is 0. The summed E-state index contributed by atoms with van der Waals surface area (Å²) in [6, 6.07) is 1.49. The lowest BCUT2D eigenvalue weighted by Gasteiger charge is -2.29. The first-order valence-corrected chi connectivity index (χ1v) is 7.02. The predicted molar refractivity (Wildman–Crippen MR) is 69.9 cm³/mol. The Kier molecular flexibility index (Phi) is 4.42. The Morgan fingerprint density at radius 1 is 1.41 bits per heavy atom. The average Bonchev–Trinajstić information content (AvgIpc) is 3.11. The van der Waals surface area contributed by atoms with E-state index < -0.39 is 0 Å². The van der Waals surface area contributed by atoms with Crippen molar-refractivity contribution in [2.45, 2.75) is 56.7 Å². The van der Waals surface area contributed by atoms with Crippen molar-refractivity contribution < 1.29 is 5.11 Å². The Labute approximate surface area is 105 Å². The van der Waals surface area contributed by atoms with Gasteiger partial charge in [-0.15, -0.1) is 0 Å². The molecule has 2 fully saturated rings. The third-order valence-electron chi connectivity index (χ3n) is 4.23. The normalized spacial score (nSPS) is 34.4. The lowest BCUT2D eigenvalue weighted by molar-refractivity contribution is 0.239. The second kappa shape index (κ2) is 5.65. The maximum atomic E-state index is 8.78. The van der Waals surface area contributed by atoms with Crippen LogP contribution in [0.3, 0.4) is 0 Å². The Balaban J connectivity index is 1.82. The highest BCUT2D eigenvalue weighted by Gasteiger charge is 2.45. The average molecular weight is 241 g/mol.